The first kappa shape index (κ1) is 9.65. The van der Waals surface area contributed by atoms with Gasteiger partial charge in [0.1, 0.15) is 0 Å². The molecule has 1 aliphatic carbocycles. The third kappa shape index (κ3) is 3.20. The van der Waals surface area contributed by atoms with Gasteiger partial charge in [0.05, 0.1) is 0 Å². The molecule has 4 N–H and O–H groups in total. The number of rotatable bonds is 2. The average Bonchev–Trinajstić information content (AvgIpc) is 2.15. The SMILES string of the molecule is C/C(N)=C/C=C(\N)C1=CCCC=C1. The Morgan fingerprint density at radius 3 is 2.62 bits per heavy atom. The Balaban J connectivity index is 2.72. The van der Waals surface area contributed by atoms with Crippen molar-refractivity contribution < 1.29 is 0 Å². The Morgan fingerprint density at radius 2 is 2.08 bits per heavy atom. The summed E-state index contributed by atoms with van der Waals surface area (Å²) in [5, 5.41) is 0. The molecule has 0 radical (unpaired) electrons. The van der Waals surface area contributed by atoms with Gasteiger partial charge in [-0.05, 0) is 37.5 Å². The fourth-order valence-corrected chi connectivity index (χ4v) is 1.14. The van der Waals surface area contributed by atoms with Gasteiger partial charge in [-0.15, -0.1) is 0 Å². The zero-order valence-corrected chi connectivity index (χ0v) is 7.96. The van der Waals surface area contributed by atoms with E-state index in [0.29, 0.717) is 0 Å². The van der Waals surface area contributed by atoms with Gasteiger partial charge >= 0.3 is 0 Å². The molecule has 1 rings (SSSR count). The predicted octanol–water partition coefficient (Wildman–Crippen LogP) is 1.97. The Morgan fingerprint density at radius 1 is 1.31 bits per heavy atom. The van der Waals surface area contributed by atoms with Crippen molar-refractivity contribution in [3.63, 3.8) is 0 Å². The molecule has 0 aromatic carbocycles. The van der Waals surface area contributed by atoms with Crippen molar-refractivity contribution in [3.05, 3.63) is 47.3 Å². The standard InChI is InChI=1S/C11H16N2/c1-9(12)7-8-11(13)10-5-3-2-4-6-10/h3,5-8H,2,4,12-13H2,1H3/b9-7-,11-8-. The van der Waals surface area contributed by atoms with E-state index < -0.39 is 0 Å². The molecule has 0 amide bonds. The molecule has 0 atom stereocenters. The van der Waals surface area contributed by atoms with Crippen LogP contribution in [0.1, 0.15) is 19.8 Å². The second-order valence-electron chi connectivity index (χ2n) is 3.17. The molecule has 0 fully saturated rings. The molecule has 0 unspecified atom stereocenters. The lowest BCUT2D eigenvalue weighted by Crippen LogP contribution is -2.01. The lowest BCUT2D eigenvalue weighted by molar-refractivity contribution is 1.02. The molecule has 0 aliphatic heterocycles. The van der Waals surface area contributed by atoms with Crippen molar-refractivity contribution in [1.29, 1.82) is 0 Å². The molecule has 13 heavy (non-hydrogen) atoms. The van der Waals surface area contributed by atoms with Gasteiger partial charge < -0.3 is 11.5 Å². The van der Waals surface area contributed by atoms with Crippen LogP contribution in [0.2, 0.25) is 0 Å². The predicted molar refractivity (Wildman–Crippen MR) is 56.7 cm³/mol. The van der Waals surface area contributed by atoms with Gasteiger partial charge in [-0.3, -0.25) is 0 Å². The molecule has 2 heteroatoms. The van der Waals surface area contributed by atoms with E-state index in [0.717, 1.165) is 29.8 Å². The maximum absolute atomic E-state index is 5.84. The Hall–Kier alpha value is -1.44. The topological polar surface area (TPSA) is 52.0 Å². The van der Waals surface area contributed by atoms with E-state index in [-0.39, 0.29) is 0 Å². The summed E-state index contributed by atoms with van der Waals surface area (Å²) in [6.07, 6.45) is 12.2. The van der Waals surface area contributed by atoms with Crippen LogP contribution in [-0.2, 0) is 0 Å². The van der Waals surface area contributed by atoms with E-state index in [2.05, 4.69) is 18.2 Å². The minimum Gasteiger partial charge on any atom is -0.402 e. The number of nitrogens with two attached hydrogens (primary N) is 2. The van der Waals surface area contributed by atoms with Gasteiger partial charge in [-0.2, -0.15) is 0 Å². The minimum atomic E-state index is 0.767. The molecule has 0 aromatic rings. The molecular formula is C11H16N2. The summed E-state index contributed by atoms with van der Waals surface area (Å²) in [6.45, 7) is 1.84. The molecule has 0 aromatic heterocycles. The highest BCUT2D eigenvalue weighted by Gasteiger charge is 1.98. The number of allylic oxidation sites excluding steroid dienone is 6. The monoisotopic (exact) mass is 176 g/mol. The first-order valence-electron chi connectivity index (χ1n) is 4.47. The minimum absolute atomic E-state index is 0.767. The average molecular weight is 176 g/mol. The van der Waals surface area contributed by atoms with Crippen LogP contribution in [-0.4, -0.2) is 0 Å². The largest absolute Gasteiger partial charge is 0.402 e. The second kappa shape index (κ2) is 4.55. The summed E-state index contributed by atoms with van der Waals surface area (Å²) in [6, 6.07) is 0. The zero-order valence-electron chi connectivity index (χ0n) is 7.96. The van der Waals surface area contributed by atoms with E-state index in [9.17, 15) is 0 Å². The van der Waals surface area contributed by atoms with Gasteiger partial charge in [-0.25, -0.2) is 0 Å². The van der Waals surface area contributed by atoms with E-state index in [1.54, 1.807) is 0 Å². The first-order chi connectivity index (χ1) is 6.20. The quantitative estimate of drug-likeness (QED) is 0.632. The van der Waals surface area contributed by atoms with Crippen LogP contribution in [0, 0.1) is 0 Å². The van der Waals surface area contributed by atoms with Crippen LogP contribution in [0.3, 0.4) is 0 Å². The molecule has 0 saturated heterocycles. The summed E-state index contributed by atoms with van der Waals surface area (Å²) < 4.78 is 0. The second-order valence-corrected chi connectivity index (χ2v) is 3.17. The molecule has 2 nitrogen and oxygen atoms in total. The molecular weight excluding hydrogens is 160 g/mol. The van der Waals surface area contributed by atoms with Crippen molar-refractivity contribution in [3.8, 4) is 0 Å². The van der Waals surface area contributed by atoms with Crippen LogP contribution in [0.15, 0.2) is 47.3 Å². The highest BCUT2D eigenvalue weighted by atomic mass is 14.6. The van der Waals surface area contributed by atoms with Gasteiger partial charge in [0.15, 0.2) is 0 Å². The molecule has 70 valence electrons. The smallest absolute Gasteiger partial charge is 0.0384 e. The van der Waals surface area contributed by atoms with Crippen molar-refractivity contribution in [2.75, 3.05) is 0 Å². The van der Waals surface area contributed by atoms with E-state index in [4.69, 9.17) is 11.5 Å². The summed E-state index contributed by atoms with van der Waals surface area (Å²) >= 11 is 0. The normalized spacial score (nSPS) is 18.7. The maximum atomic E-state index is 5.84. The number of hydrogen-bond acceptors (Lipinski definition) is 2. The molecule has 0 saturated carbocycles. The summed E-state index contributed by atoms with van der Waals surface area (Å²) in [4.78, 5) is 0. The van der Waals surface area contributed by atoms with Gasteiger partial charge in [-0.1, -0.05) is 18.2 Å². The van der Waals surface area contributed by atoms with E-state index in [1.807, 2.05) is 19.1 Å². The van der Waals surface area contributed by atoms with Crippen LogP contribution in [0.25, 0.3) is 0 Å². The highest BCUT2D eigenvalue weighted by Crippen LogP contribution is 2.14. The summed E-state index contributed by atoms with van der Waals surface area (Å²) in [5.41, 5.74) is 14.0. The van der Waals surface area contributed by atoms with Crippen molar-refractivity contribution in [1.82, 2.24) is 0 Å². The Bertz CT molecular complexity index is 289. The van der Waals surface area contributed by atoms with Crippen molar-refractivity contribution in [2.24, 2.45) is 11.5 Å². The molecule has 0 heterocycles. The lowest BCUT2D eigenvalue weighted by Gasteiger charge is -2.05. The summed E-state index contributed by atoms with van der Waals surface area (Å²) in [7, 11) is 0. The third-order valence-electron chi connectivity index (χ3n) is 1.85. The molecule has 0 bridgehead atoms. The number of hydrogen-bond donors (Lipinski definition) is 2. The highest BCUT2D eigenvalue weighted by molar-refractivity contribution is 5.41. The van der Waals surface area contributed by atoms with Gasteiger partial charge in [0.25, 0.3) is 0 Å². The maximum Gasteiger partial charge on any atom is 0.0384 e. The first-order valence-corrected chi connectivity index (χ1v) is 4.47. The van der Waals surface area contributed by atoms with Crippen LogP contribution in [0.4, 0.5) is 0 Å². The van der Waals surface area contributed by atoms with Gasteiger partial charge in [0.2, 0.25) is 0 Å². The fraction of sp³-hybridized carbons (Fsp3) is 0.273. The molecule has 0 spiro atoms. The fourth-order valence-electron chi connectivity index (χ4n) is 1.14. The van der Waals surface area contributed by atoms with Crippen LogP contribution in [0.5, 0.6) is 0 Å². The van der Waals surface area contributed by atoms with Crippen molar-refractivity contribution >= 4 is 0 Å². The van der Waals surface area contributed by atoms with Gasteiger partial charge in [0, 0.05) is 11.4 Å². The Labute approximate surface area is 79.3 Å². The Kier molecular flexibility index (Phi) is 3.38. The van der Waals surface area contributed by atoms with Crippen LogP contribution >= 0.6 is 0 Å². The van der Waals surface area contributed by atoms with E-state index in [1.165, 1.54) is 0 Å². The zero-order chi connectivity index (χ0) is 9.68. The van der Waals surface area contributed by atoms with Crippen molar-refractivity contribution in [2.45, 2.75) is 19.8 Å². The third-order valence-corrected chi connectivity index (χ3v) is 1.85. The van der Waals surface area contributed by atoms with Crippen LogP contribution < -0.4 is 11.5 Å². The lowest BCUT2D eigenvalue weighted by atomic mass is 10.0. The molecule has 1 aliphatic rings. The summed E-state index contributed by atoms with van der Waals surface area (Å²) in [5.74, 6) is 0. The van der Waals surface area contributed by atoms with E-state index >= 15 is 0 Å².